The minimum atomic E-state index is 0.463. The van der Waals surface area contributed by atoms with Crippen LogP contribution in [0.2, 0.25) is 0 Å². The van der Waals surface area contributed by atoms with Crippen molar-refractivity contribution in [3.05, 3.63) is 35.4 Å². The van der Waals surface area contributed by atoms with Crippen molar-refractivity contribution in [3.63, 3.8) is 0 Å². The highest BCUT2D eigenvalue weighted by molar-refractivity contribution is 5.27. The number of hydrogen-bond acceptors (Lipinski definition) is 1. The molecule has 1 aromatic rings. The van der Waals surface area contributed by atoms with E-state index < -0.39 is 0 Å². The molecular formula is C18H29N. The van der Waals surface area contributed by atoms with Crippen LogP contribution in [0.4, 0.5) is 0 Å². The van der Waals surface area contributed by atoms with E-state index in [1.54, 1.807) is 0 Å². The fraction of sp³-hybridized carbons (Fsp3) is 0.667. The van der Waals surface area contributed by atoms with E-state index in [1.807, 2.05) is 0 Å². The van der Waals surface area contributed by atoms with Gasteiger partial charge in [-0.2, -0.15) is 0 Å². The van der Waals surface area contributed by atoms with Crippen LogP contribution in [-0.2, 0) is 0 Å². The second kappa shape index (κ2) is 6.09. The number of benzene rings is 1. The van der Waals surface area contributed by atoms with Crippen molar-refractivity contribution in [3.8, 4) is 0 Å². The maximum Gasteiger partial charge on any atom is 0.00254 e. The molecule has 106 valence electrons. The monoisotopic (exact) mass is 259 g/mol. The van der Waals surface area contributed by atoms with E-state index in [4.69, 9.17) is 0 Å². The lowest BCUT2D eigenvalue weighted by Crippen LogP contribution is -2.42. The summed E-state index contributed by atoms with van der Waals surface area (Å²) >= 11 is 0. The molecule has 0 aromatic heterocycles. The van der Waals surface area contributed by atoms with Crippen LogP contribution in [0.3, 0.4) is 0 Å². The second-order valence-corrected chi connectivity index (χ2v) is 7.00. The van der Waals surface area contributed by atoms with E-state index in [0.717, 1.165) is 12.5 Å². The molecule has 1 nitrogen and oxygen atoms in total. The Labute approximate surface area is 118 Å². The summed E-state index contributed by atoms with van der Waals surface area (Å²) in [6, 6.07) is 9.18. The van der Waals surface area contributed by atoms with Gasteiger partial charge < -0.3 is 5.32 Å². The summed E-state index contributed by atoms with van der Waals surface area (Å²) in [5, 5.41) is 3.59. The molecule has 0 aliphatic carbocycles. The lowest BCUT2D eigenvalue weighted by molar-refractivity contribution is 0.161. The lowest BCUT2D eigenvalue weighted by atomic mass is 9.66. The van der Waals surface area contributed by atoms with Gasteiger partial charge in [0.15, 0.2) is 0 Å². The fourth-order valence-corrected chi connectivity index (χ4v) is 3.28. The summed E-state index contributed by atoms with van der Waals surface area (Å²) in [4.78, 5) is 0. The zero-order valence-corrected chi connectivity index (χ0v) is 13.0. The second-order valence-electron chi connectivity index (χ2n) is 7.00. The molecule has 0 spiro atoms. The maximum atomic E-state index is 3.59. The molecule has 0 saturated carbocycles. The van der Waals surface area contributed by atoms with Gasteiger partial charge in [0.1, 0.15) is 0 Å². The Kier molecular flexibility index (Phi) is 4.67. The van der Waals surface area contributed by atoms with Gasteiger partial charge in [-0.15, -0.1) is 0 Å². The van der Waals surface area contributed by atoms with Crippen molar-refractivity contribution >= 4 is 0 Å². The molecule has 2 unspecified atom stereocenters. The number of nitrogens with one attached hydrogen (secondary N) is 1. The summed E-state index contributed by atoms with van der Waals surface area (Å²) in [5.41, 5.74) is 3.34. The minimum Gasteiger partial charge on any atom is -0.316 e. The molecule has 0 bridgehead atoms. The van der Waals surface area contributed by atoms with E-state index in [2.05, 4.69) is 57.3 Å². The van der Waals surface area contributed by atoms with Crippen molar-refractivity contribution in [1.82, 2.24) is 5.32 Å². The van der Waals surface area contributed by atoms with Gasteiger partial charge in [-0.3, -0.25) is 0 Å². The average Bonchev–Trinajstić information content (AvgIpc) is 2.38. The molecule has 2 atom stereocenters. The predicted octanol–water partition coefficient (Wildman–Crippen LogP) is 4.51. The van der Waals surface area contributed by atoms with Gasteiger partial charge in [0, 0.05) is 12.5 Å². The minimum absolute atomic E-state index is 0.463. The summed E-state index contributed by atoms with van der Waals surface area (Å²) in [7, 11) is 0. The van der Waals surface area contributed by atoms with Crippen molar-refractivity contribution < 1.29 is 0 Å². The Morgan fingerprint density at radius 1 is 1.26 bits per heavy atom. The quantitative estimate of drug-likeness (QED) is 0.838. The number of rotatable bonds is 4. The van der Waals surface area contributed by atoms with Gasteiger partial charge >= 0.3 is 0 Å². The first-order valence-electron chi connectivity index (χ1n) is 7.78. The first-order chi connectivity index (χ1) is 9.01. The summed E-state index contributed by atoms with van der Waals surface area (Å²) in [6.45, 7) is 11.7. The molecular weight excluding hydrogens is 230 g/mol. The first kappa shape index (κ1) is 14.6. The van der Waals surface area contributed by atoms with Crippen LogP contribution in [0.15, 0.2) is 24.3 Å². The normalized spacial score (nSPS) is 27.7. The lowest BCUT2D eigenvalue weighted by Gasteiger charge is -2.43. The van der Waals surface area contributed by atoms with Crippen LogP contribution in [-0.4, -0.2) is 13.1 Å². The molecule has 1 aliphatic heterocycles. The molecule has 2 rings (SSSR count). The van der Waals surface area contributed by atoms with Crippen LogP contribution in [0.1, 0.15) is 57.1 Å². The standard InChI is InChI=1S/C18H29N/c1-14(2)9-10-18(4)11-12-19-13-17(18)16-7-5-15(3)6-8-16/h5-8,14,17,19H,9-13H2,1-4H3. The van der Waals surface area contributed by atoms with Crippen LogP contribution in [0, 0.1) is 18.3 Å². The third-order valence-corrected chi connectivity index (χ3v) is 4.84. The summed E-state index contributed by atoms with van der Waals surface area (Å²) in [6.07, 6.45) is 4.00. The molecule has 0 amide bonds. The van der Waals surface area contributed by atoms with Crippen molar-refractivity contribution in [1.29, 1.82) is 0 Å². The summed E-state index contributed by atoms with van der Waals surface area (Å²) in [5.74, 6) is 1.48. The van der Waals surface area contributed by atoms with E-state index in [-0.39, 0.29) is 0 Å². The van der Waals surface area contributed by atoms with Gasteiger partial charge in [-0.25, -0.2) is 0 Å². The van der Waals surface area contributed by atoms with Crippen LogP contribution in [0.25, 0.3) is 0 Å². The number of hydrogen-bond donors (Lipinski definition) is 1. The van der Waals surface area contributed by atoms with E-state index >= 15 is 0 Å². The Balaban J connectivity index is 2.17. The Hall–Kier alpha value is -0.820. The highest BCUT2D eigenvalue weighted by atomic mass is 14.9. The molecule has 1 N–H and O–H groups in total. The number of piperidine rings is 1. The maximum absolute atomic E-state index is 3.59. The topological polar surface area (TPSA) is 12.0 Å². The van der Waals surface area contributed by atoms with Gasteiger partial charge in [0.2, 0.25) is 0 Å². The van der Waals surface area contributed by atoms with E-state index in [9.17, 15) is 0 Å². The van der Waals surface area contributed by atoms with Gasteiger partial charge in [0.05, 0.1) is 0 Å². The zero-order valence-electron chi connectivity index (χ0n) is 13.0. The average molecular weight is 259 g/mol. The highest BCUT2D eigenvalue weighted by Gasteiger charge is 2.36. The van der Waals surface area contributed by atoms with Gasteiger partial charge in [0.25, 0.3) is 0 Å². The van der Waals surface area contributed by atoms with Crippen LogP contribution >= 0.6 is 0 Å². The zero-order chi connectivity index (χ0) is 13.9. The van der Waals surface area contributed by atoms with E-state index in [0.29, 0.717) is 11.3 Å². The largest absolute Gasteiger partial charge is 0.316 e. The van der Waals surface area contributed by atoms with Gasteiger partial charge in [-0.1, -0.05) is 57.0 Å². The number of aryl methyl sites for hydroxylation is 1. The predicted molar refractivity (Wildman–Crippen MR) is 83.6 cm³/mol. The third-order valence-electron chi connectivity index (χ3n) is 4.84. The molecule has 1 heteroatoms. The molecule has 1 saturated heterocycles. The van der Waals surface area contributed by atoms with E-state index in [1.165, 1.54) is 36.9 Å². The van der Waals surface area contributed by atoms with Crippen molar-refractivity contribution in [2.75, 3.05) is 13.1 Å². The smallest absolute Gasteiger partial charge is 0.00254 e. The van der Waals surface area contributed by atoms with Gasteiger partial charge in [-0.05, 0) is 43.2 Å². The van der Waals surface area contributed by atoms with Crippen LogP contribution < -0.4 is 5.32 Å². The Bertz CT molecular complexity index is 393. The van der Waals surface area contributed by atoms with Crippen molar-refractivity contribution in [2.45, 2.75) is 52.9 Å². The SMILES string of the molecule is Cc1ccc(C2CNCCC2(C)CCC(C)C)cc1. The van der Waals surface area contributed by atoms with Crippen molar-refractivity contribution in [2.24, 2.45) is 11.3 Å². The molecule has 19 heavy (non-hydrogen) atoms. The fourth-order valence-electron chi connectivity index (χ4n) is 3.28. The highest BCUT2D eigenvalue weighted by Crippen LogP contribution is 2.44. The summed E-state index contributed by atoms with van der Waals surface area (Å²) < 4.78 is 0. The van der Waals surface area contributed by atoms with Crippen LogP contribution in [0.5, 0.6) is 0 Å². The molecule has 1 heterocycles. The molecule has 0 radical (unpaired) electrons. The molecule has 1 aliphatic rings. The third kappa shape index (κ3) is 3.60. The first-order valence-corrected chi connectivity index (χ1v) is 7.78. The molecule has 1 aromatic carbocycles. The Morgan fingerprint density at radius 3 is 2.58 bits per heavy atom. The Morgan fingerprint density at radius 2 is 1.95 bits per heavy atom. The molecule has 1 fully saturated rings.